The Kier molecular flexibility index (Phi) is 5.41. The Bertz CT molecular complexity index is 790. The molecule has 132 valence electrons. The topological polar surface area (TPSA) is 72.2 Å². The summed E-state index contributed by atoms with van der Waals surface area (Å²) in [5, 5.41) is 2.14. The van der Waals surface area contributed by atoms with Crippen molar-refractivity contribution >= 4 is 11.8 Å². The Morgan fingerprint density at radius 1 is 1.04 bits per heavy atom. The van der Waals surface area contributed by atoms with Gasteiger partial charge in [0.1, 0.15) is 11.9 Å². The van der Waals surface area contributed by atoms with Crippen LogP contribution in [0.4, 0.5) is 17.6 Å². The van der Waals surface area contributed by atoms with Gasteiger partial charge in [0.25, 0.3) is 5.91 Å². The fourth-order valence-electron chi connectivity index (χ4n) is 2.27. The molecular weight excluding hydrogens is 340 g/mol. The summed E-state index contributed by atoms with van der Waals surface area (Å²) in [7, 11) is 0. The van der Waals surface area contributed by atoms with E-state index in [4.69, 9.17) is 5.73 Å². The quantitative estimate of drug-likeness (QED) is 0.811. The second-order valence-corrected chi connectivity index (χ2v) is 5.27. The lowest BCUT2D eigenvalue weighted by Gasteiger charge is -2.18. The molecule has 0 aliphatic heterocycles. The van der Waals surface area contributed by atoms with Gasteiger partial charge in [0, 0.05) is 6.42 Å². The molecule has 0 aliphatic rings. The molecule has 0 spiro atoms. The van der Waals surface area contributed by atoms with E-state index in [-0.39, 0.29) is 12.0 Å². The van der Waals surface area contributed by atoms with Gasteiger partial charge >= 0.3 is 6.18 Å². The van der Waals surface area contributed by atoms with Crippen LogP contribution in [0, 0.1) is 5.82 Å². The molecule has 2 aromatic carbocycles. The van der Waals surface area contributed by atoms with Crippen molar-refractivity contribution in [3.63, 3.8) is 0 Å². The lowest BCUT2D eigenvalue weighted by Crippen LogP contribution is -2.46. The molecule has 0 heterocycles. The summed E-state index contributed by atoms with van der Waals surface area (Å²) in [4.78, 5) is 23.7. The maximum absolute atomic E-state index is 13.7. The predicted molar refractivity (Wildman–Crippen MR) is 82.0 cm³/mol. The van der Waals surface area contributed by atoms with Crippen LogP contribution in [0.1, 0.15) is 21.5 Å². The minimum atomic E-state index is -4.73. The Balaban J connectivity index is 2.25. The second-order valence-electron chi connectivity index (χ2n) is 5.27. The molecule has 0 aromatic heterocycles. The van der Waals surface area contributed by atoms with E-state index in [1.807, 2.05) is 0 Å². The number of amides is 2. The standard InChI is InChI=1S/C17H14F4N2O2/c18-13-8-4-1-5-10(13)9-14(15(22)24)23-16(25)11-6-2-3-7-12(11)17(19,20)21/h1-8,14H,9H2,(H2,22,24)(H,23,25)/t14-/m0/s1. The van der Waals surface area contributed by atoms with Crippen LogP contribution in [0.25, 0.3) is 0 Å². The van der Waals surface area contributed by atoms with Gasteiger partial charge in [-0.3, -0.25) is 9.59 Å². The summed E-state index contributed by atoms with van der Waals surface area (Å²) in [6.45, 7) is 0. The van der Waals surface area contributed by atoms with Gasteiger partial charge in [0.2, 0.25) is 5.91 Å². The van der Waals surface area contributed by atoms with Crippen LogP contribution in [0.5, 0.6) is 0 Å². The minimum absolute atomic E-state index is 0.107. The molecule has 2 aromatic rings. The third-order valence-electron chi connectivity index (χ3n) is 3.51. The highest BCUT2D eigenvalue weighted by Gasteiger charge is 2.35. The van der Waals surface area contributed by atoms with Crippen molar-refractivity contribution in [3.05, 3.63) is 71.0 Å². The summed E-state index contributed by atoms with van der Waals surface area (Å²) in [6.07, 6.45) is -5.01. The van der Waals surface area contributed by atoms with Crippen LogP contribution < -0.4 is 11.1 Å². The zero-order chi connectivity index (χ0) is 18.6. The van der Waals surface area contributed by atoms with Gasteiger partial charge in [-0.05, 0) is 23.8 Å². The minimum Gasteiger partial charge on any atom is -0.368 e. The Hall–Kier alpha value is -2.90. The number of nitrogens with one attached hydrogen (secondary N) is 1. The van der Waals surface area contributed by atoms with Crippen molar-refractivity contribution in [1.29, 1.82) is 0 Å². The van der Waals surface area contributed by atoms with E-state index < -0.39 is 41.0 Å². The molecule has 0 bridgehead atoms. The first-order valence-corrected chi connectivity index (χ1v) is 7.20. The van der Waals surface area contributed by atoms with Crippen molar-refractivity contribution in [1.82, 2.24) is 5.32 Å². The van der Waals surface area contributed by atoms with E-state index in [1.165, 1.54) is 24.3 Å². The molecule has 25 heavy (non-hydrogen) atoms. The number of carbonyl (C=O) groups is 2. The zero-order valence-corrected chi connectivity index (χ0v) is 12.8. The lowest BCUT2D eigenvalue weighted by molar-refractivity contribution is -0.137. The van der Waals surface area contributed by atoms with Crippen LogP contribution >= 0.6 is 0 Å². The van der Waals surface area contributed by atoms with Gasteiger partial charge in [-0.2, -0.15) is 13.2 Å². The van der Waals surface area contributed by atoms with E-state index in [2.05, 4.69) is 5.32 Å². The zero-order valence-electron chi connectivity index (χ0n) is 12.8. The van der Waals surface area contributed by atoms with Gasteiger partial charge < -0.3 is 11.1 Å². The Morgan fingerprint density at radius 2 is 1.64 bits per heavy atom. The van der Waals surface area contributed by atoms with E-state index in [0.717, 1.165) is 24.3 Å². The number of rotatable bonds is 5. The summed E-state index contributed by atoms with van der Waals surface area (Å²) in [5.74, 6) is -2.71. The maximum atomic E-state index is 13.7. The normalized spacial score (nSPS) is 12.5. The van der Waals surface area contributed by atoms with Crippen LogP contribution in [0.2, 0.25) is 0 Å². The number of nitrogens with two attached hydrogens (primary N) is 1. The molecular formula is C17H14F4N2O2. The molecule has 1 atom stereocenters. The van der Waals surface area contributed by atoms with E-state index in [0.29, 0.717) is 0 Å². The van der Waals surface area contributed by atoms with E-state index >= 15 is 0 Å². The van der Waals surface area contributed by atoms with Gasteiger partial charge in [-0.15, -0.1) is 0 Å². The van der Waals surface area contributed by atoms with Gasteiger partial charge in [-0.25, -0.2) is 4.39 Å². The number of benzene rings is 2. The van der Waals surface area contributed by atoms with Crippen LogP contribution in [-0.4, -0.2) is 17.9 Å². The highest BCUT2D eigenvalue weighted by molar-refractivity contribution is 5.98. The van der Waals surface area contributed by atoms with Crippen molar-refractivity contribution in [2.75, 3.05) is 0 Å². The molecule has 0 unspecified atom stereocenters. The number of halogens is 4. The number of alkyl halides is 3. The molecule has 4 nitrogen and oxygen atoms in total. The number of hydrogen-bond donors (Lipinski definition) is 2. The number of primary amides is 1. The van der Waals surface area contributed by atoms with Crippen molar-refractivity contribution in [3.8, 4) is 0 Å². The van der Waals surface area contributed by atoms with Gasteiger partial charge in [0.05, 0.1) is 11.1 Å². The molecule has 0 saturated heterocycles. The maximum Gasteiger partial charge on any atom is 0.417 e. The van der Waals surface area contributed by atoms with Crippen molar-refractivity contribution < 1.29 is 27.2 Å². The highest BCUT2D eigenvalue weighted by Crippen LogP contribution is 2.31. The summed E-state index contributed by atoms with van der Waals surface area (Å²) in [5.41, 5.74) is 3.51. The van der Waals surface area contributed by atoms with Crippen LogP contribution in [-0.2, 0) is 17.4 Å². The highest BCUT2D eigenvalue weighted by atomic mass is 19.4. The second kappa shape index (κ2) is 7.33. The van der Waals surface area contributed by atoms with Crippen LogP contribution in [0.15, 0.2) is 48.5 Å². The average Bonchev–Trinajstić information content (AvgIpc) is 2.55. The van der Waals surface area contributed by atoms with Crippen LogP contribution in [0.3, 0.4) is 0 Å². The average molecular weight is 354 g/mol. The summed E-state index contributed by atoms with van der Waals surface area (Å²) >= 11 is 0. The smallest absolute Gasteiger partial charge is 0.368 e. The molecule has 2 amide bonds. The van der Waals surface area contributed by atoms with Crippen molar-refractivity contribution in [2.24, 2.45) is 5.73 Å². The number of carbonyl (C=O) groups excluding carboxylic acids is 2. The molecule has 3 N–H and O–H groups in total. The summed E-state index contributed by atoms with van der Waals surface area (Å²) in [6, 6.07) is 8.31. The fraction of sp³-hybridized carbons (Fsp3) is 0.176. The Labute approximate surface area is 140 Å². The van der Waals surface area contributed by atoms with E-state index in [9.17, 15) is 27.2 Å². The molecule has 0 saturated carbocycles. The molecule has 2 rings (SSSR count). The molecule has 0 fully saturated rings. The molecule has 0 aliphatic carbocycles. The SMILES string of the molecule is NC(=O)[C@H](Cc1ccccc1F)NC(=O)c1ccccc1C(F)(F)F. The summed E-state index contributed by atoms with van der Waals surface area (Å²) < 4.78 is 52.6. The monoisotopic (exact) mass is 354 g/mol. The first-order chi connectivity index (χ1) is 11.7. The number of hydrogen-bond acceptors (Lipinski definition) is 2. The largest absolute Gasteiger partial charge is 0.417 e. The predicted octanol–water partition coefficient (Wildman–Crippen LogP) is 2.67. The van der Waals surface area contributed by atoms with Gasteiger partial charge in [0.15, 0.2) is 0 Å². The third-order valence-corrected chi connectivity index (χ3v) is 3.51. The lowest BCUT2D eigenvalue weighted by atomic mass is 10.0. The third kappa shape index (κ3) is 4.56. The first kappa shape index (κ1) is 18.4. The van der Waals surface area contributed by atoms with E-state index in [1.54, 1.807) is 0 Å². The fourth-order valence-corrected chi connectivity index (χ4v) is 2.27. The first-order valence-electron chi connectivity index (χ1n) is 7.20. The molecule has 0 radical (unpaired) electrons. The Morgan fingerprint density at radius 3 is 2.24 bits per heavy atom. The van der Waals surface area contributed by atoms with Gasteiger partial charge in [-0.1, -0.05) is 30.3 Å². The molecule has 8 heteroatoms. The van der Waals surface area contributed by atoms with Crippen molar-refractivity contribution in [2.45, 2.75) is 18.6 Å².